The summed E-state index contributed by atoms with van der Waals surface area (Å²) in [5.74, 6) is 0.650. The average molecular weight is 288 g/mol. The lowest BCUT2D eigenvalue weighted by molar-refractivity contribution is 0.0723. The summed E-state index contributed by atoms with van der Waals surface area (Å²) < 4.78 is 33.8. The summed E-state index contributed by atoms with van der Waals surface area (Å²) in [5.41, 5.74) is 0.916. The molecule has 0 spiro atoms. The smallest absolute Gasteiger partial charge is 0.280 e. The fraction of sp³-hybridized carbons (Fsp3) is 0.727. The van der Waals surface area contributed by atoms with E-state index in [1.54, 1.807) is 6.20 Å². The molecule has 1 fully saturated rings. The maximum atomic E-state index is 12.3. The summed E-state index contributed by atoms with van der Waals surface area (Å²) >= 11 is 0. The molecule has 2 N–H and O–H groups in total. The molecule has 1 aliphatic rings. The number of morpholine rings is 1. The van der Waals surface area contributed by atoms with Crippen molar-refractivity contribution in [3.8, 4) is 0 Å². The molecule has 0 amide bonds. The molecule has 0 aromatic carbocycles. The molecule has 1 aromatic rings. The van der Waals surface area contributed by atoms with Crippen LogP contribution in [0.5, 0.6) is 0 Å². The number of hydrogen-bond acceptors (Lipinski definition) is 4. The number of aryl methyl sites for hydroxylation is 1. The summed E-state index contributed by atoms with van der Waals surface area (Å²) in [6.45, 7) is 5.48. The van der Waals surface area contributed by atoms with E-state index in [1.807, 2.05) is 13.8 Å². The molecule has 8 heteroatoms. The Morgan fingerprint density at radius 2 is 2.21 bits per heavy atom. The van der Waals surface area contributed by atoms with Crippen LogP contribution in [0.25, 0.3) is 0 Å². The molecule has 2 rings (SSSR count). The normalized spacial score (nSPS) is 19.5. The average Bonchev–Trinajstić information content (AvgIpc) is 2.84. The number of aromatic nitrogens is 2. The van der Waals surface area contributed by atoms with Gasteiger partial charge in [-0.05, 0) is 13.3 Å². The maximum Gasteiger partial charge on any atom is 0.280 e. The number of nitrogens with zero attached hydrogens (tertiary/aromatic N) is 2. The molecule has 0 unspecified atom stereocenters. The van der Waals surface area contributed by atoms with E-state index in [0.29, 0.717) is 38.5 Å². The van der Waals surface area contributed by atoms with Gasteiger partial charge in [0.1, 0.15) is 5.82 Å². The minimum Gasteiger partial charge on any atom is -0.379 e. The van der Waals surface area contributed by atoms with E-state index in [4.69, 9.17) is 4.74 Å². The van der Waals surface area contributed by atoms with Gasteiger partial charge in [0.2, 0.25) is 0 Å². The first-order valence-corrected chi connectivity index (χ1v) is 7.83. The molecule has 2 heterocycles. The van der Waals surface area contributed by atoms with Crippen molar-refractivity contribution in [1.82, 2.24) is 19.0 Å². The van der Waals surface area contributed by atoms with E-state index in [1.165, 1.54) is 4.31 Å². The quantitative estimate of drug-likeness (QED) is 0.817. The minimum atomic E-state index is -3.49. The van der Waals surface area contributed by atoms with Crippen LogP contribution in [0.1, 0.15) is 30.9 Å². The highest BCUT2D eigenvalue weighted by atomic mass is 32.2. The van der Waals surface area contributed by atoms with E-state index >= 15 is 0 Å². The topological polar surface area (TPSA) is 87.3 Å². The van der Waals surface area contributed by atoms with Crippen molar-refractivity contribution in [1.29, 1.82) is 0 Å². The first kappa shape index (κ1) is 14.4. The second kappa shape index (κ2) is 6.00. The van der Waals surface area contributed by atoms with Crippen molar-refractivity contribution in [2.75, 3.05) is 26.3 Å². The first-order chi connectivity index (χ1) is 9.03. The van der Waals surface area contributed by atoms with Gasteiger partial charge in [0.05, 0.1) is 19.3 Å². The molecule has 0 radical (unpaired) electrons. The van der Waals surface area contributed by atoms with Crippen molar-refractivity contribution in [2.45, 2.75) is 26.3 Å². The van der Waals surface area contributed by atoms with Crippen LogP contribution in [-0.2, 0) is 14.9 Å². The lowest BCUT2D eigenvalue weighted by Gasteiger charge is -2.27. The third-order valence-electron chi connectivity index (χ3n) is 3.06. The zero-order chi connectivity index (χ0) is 13.9. The Morgan fingerprint density at radius 1 is 1.53 bits per heavy atom. The fourth-order valence-electron chi connectivity index (χ4n) is 1.98. The van der Waals surface area contributed by atoms with Gasteiger partial charge >= 0.3 is 0 Å². The number of H-pyrrole nitrogens is 1. The van der Waals surface area contributed by atoms with Crippen LogP contribution in [0.4, 0.5) is 0 Å². The summed E-state index contributed by atoms with van der Waals surface area (Å²) in [4.78, 5) is 7.26. The molecule has 0 saturated carbocycles. The largest absolute Gasteiger partial charge is 0.379 e. The van der Waals surface area contributed by atoms with E-state index in [0.717, 1.165) is 5.69 Å². The Bertz CT molecular complexity index is 508. The van der Waals surface area contributed by atoms with Gasteiger partial charge in [-0.15, -0.1) is 0 Å². The van der Waals surface area contributed by atoms with Crippen LogP contribution < -0.4 is 4.72 Å². The number of ether oxygens (including phenoxy) is 1. The van der Waals surface area contributed by atoms with Gasteiger partial charge in [0.25, 0.3) is 10.2 Å². The SMILES string of the molecule is CC[C@H](NS(=O)(=O)N1CCOCC1)c1ncc(C)[nH]1. The molecule has 19 heavy (non-hydrogen) atoms. The highest BCUT2D eigenvalue weighted by Gasteiger charge is 2.27. The summed E-state index contributed by atoms with van der Waals surface area (Å²) in [7, 11) is -3.49. The Kier molecular flexibility index (Phi) is 4.56. The van der Waals surface area contributed by atoms with Crippen LogP contribution in [0, 0.1) is 6.92 Å². The Hall–Kier alpha value is -0.960. The van der Waals surface area contributed by atoms with Gasteiger partial charge in [0, 0.05) is 25.0 Å². The predicted molar refractivity (Wildman–Crippen MR) is 70.8 cm³/mol. The van der Waals surface area contributed by atoms with Crippen molar-refractivity contribution in [2.24, 2.45) is 0 Å². The number of nitrogens with one attached hydrogen (secondary N) is 2. The zero-order valence-corrected chi connectivity index (χ0v) is 12.0. The molecule has 1 aromatic heterocycles. The Labute approximate surface area is 113 Å². The second-order valence-electron chi connectivity index (χ2n) is 4.55. The third-order valence-corrected chi connectivity index (χ3v) is 4.69. The number of rotatable bonds is 5. The lowest BCUT2D eigenvalue weighted by Crippen LogP contribution is -2.47. The van der Waals surface area contributed by atoms with Crippen molar-refractivity contribution < 1.29 is 13.2 Å². The fourth-order valence-corrected chi connectivity index (χ4v) is 3.40. The summed E-state index contributed by atoms with van der Waals surface area (Å²) in [5, 5.41) is 0. The van der Waals surface area contributed by atoms with Crippen molar-refractivity contribution >= 4 is 10.2 Å². The zero-order valence-electron chi connectivity index (χ0n) is 11.2. The number of imidazole rings is 1. The third kappa shape index (κ3) is 3.53. The van der Waals surface area contributed by atoms with E-state index in [2.05, 4.69) is 14.7 Å². The van der Waals surface area contributed by atoms with Crippen molar-refractivity contribution in [3.63, 3.8) is 0 Å². The van der Waals surface area contributed by atoms with Crippen LogP contribution in [0.3, 0.4) is 0 Å². The Balaban J connectivity index is 2.08. The monoisotopic (exact) mass is 288 g/mol. The molecule has 1 saturated heterocycles. The summed E-state index contributed by atoms with van der Waals surface area (Å²) in [6, 6.07) is -0.332. The minimum absolute atomic E-state index is 0.332. The molecule has 0 aliphatic carbocycles. The molecular weight excluding hydrogens is 268 g/mol. The van der Waals surface area contributed by atoms with Crippen LogP contribution in [0.2, 0.25) is 0 Å². The predicted octanol–water partition coefficient (Wildman–Crippen LogP) is 0.336. The standard InChI is InChI=1S/C11H20N4O3S/c1-3-10(11-12-8-9(2)13-11)14-19(16,17)15-4-6-18-7-5-15/h8,10,14H,3-7H2,1-2H3,(H,12,13)/t10-/m0/s1. The highest BCUT2D eigenvalue weighted by molar-refractivity contribution is 7.87. The van der Waals surface area contributed by atoms with Gasteiger partial charge in [-0.25, -0.2) is 4.98 Å². The van der Waals surface area contributed by atoms with Crippen LogP contribution >= 0.6 is 0 Å². The van der Waals surface area contributed by atoms with E-state index < -0.39 is 10.2 Å². The van der Waals surface area contributed by atoms with Gasteiger partial charge in [-0.1, -0.05) is 6.92 Å². The van der Waals surface area contributed by atoms with Crippen LogP contribution in [0.15, 0.2) is 6.20 Å². The number of hydrogen-bond donors (Lipinski definition) is 2. The van der Waals surface area contributed by atoms with Gasteiger partial charge in [-0.3, -0.25) is 0 Å². The molecule has 7 nitrogen and oxygen atoms in total. The van der Waals surface area contributed by atoms with Crippen molar-refractivity contribution in [3.05, 3.63) is 17.7 Å². The van der Waals surface area contributed by atoms with Gasteiger partial charge in [0.15, 0.2) is 0 Å². The summed E-state index contributed by atoms with van der Waals surface area (Å²) in [6.07, 6.45) is 2.33. The van der Waals surface area contributed by atoms with Gasteiger partial charge < -0.3 is 9.72 Å². The maximum absolute atomic E-state index is 12.3. The lowest BCUT2D eigenvalue weighted by atomic mass is 10.2. The van der Waals surface area contributed by atoms with Gasteiger partial charge in [-0.2, -0.15) is 17.4 Å². The molecule has 1 aliphatic heterocycles. The molecule has 0 bridgehead atoms. The van der Waals surface area contributed by atoms with Crippen LogP contribution in [-0.4, -0.2) is 49.0 Å². The first-order valence-electron chi connectivity index (χ1n) is 6.39. The van der Waals surface area contributed by atoms with E-state index in [9.17, 15) is 8.42 Å². The molecular formula is C11H20N4O3S. The Morgan fingerprint density at radius 3 is 2.74 bits per heavy atom. The number of aromatic amines is 1. The highest BCUT2D eigenvalue weighted by Crippen LogP contribution is 2.16. The molecule has 1 atom stereocenters. The van der Waals surface area contributed by atoms with E-state index in [-0.39, 0.29) is 6.04 Å². The second-order valence-corrected chi connectivity index (χ2v) is 6.25. The molecule has 108 valence electrons.